The minimum atomic E-state index is -0.0692. The molecule has 0 aliphatic rings. The normalized spacial score (nSPS) is 11.9. The first-order chi connectivity index (χ1) is 12.4. The third kappa shape index (κ3) is 5.46. The number of carbonyl (C=O) groups excluding carboxylic acids is 1. The smallest absolute Gasteiger partial charge is 0.220 e. The molecule has 1 aromatic carbocycles. The summed E-state index contributed by atoms with van der Waals surface area (Å²) in [5.74, 6) is 0.843. The van der Waals surface area contributed by atoms with Crippen molar-refractivity contribution in [3.05, 3.63) is 46.8 Å². The van der Waals surface area contributed by atoms with Gasteiger partial charge in [-0.2, -0.15) is 0 Å². The van der Waals surface area contributed by atoms with Gasteiger partial charge in [-0.3, -0.25) is 4.79 Å². The molecular formula is C20H27N3O2S. The summed E-state index contributed by atoms with van der Waals surface area (Å²) in [4.78, 5) is 21.3. The van der Waals surface area contributed by atoms with Crippen LogP contribution in [0.3, 0.4) is 0 Å². The first kappa shape index (κ1) is 20.2. The highest BCUT2D eigenvalue weighted by molar-refractivity contribution is 7.98. The zero-order chi connectivity index (χ0) is 19.1. The van der Waals surface area contributed by atoms with E-state index in [1.54, 1.807) is 0 Å². The van der Waals surface area contributed by atoms with Crippen molar-refractivity contribution in [3.63, 3.8) is 0 Å². The highest BCUT2D eigenvalue weighted by atomic mass is 32.2. The van der Waals surface area contributed by atoms with E-state index >= 15 is 0 Å². The monoisotopic (exact) mass is 373 g/mol. The van der Waals surface area contributed by atoms with E-state index in [-0.39, 0.29) is 11.9 Å². The maximum Gasteiger partial charge on any atom is 0.220 e. The number of rotatable bonds is 8. The standard InChI is InChI=1S/C20H27N3O2S/c1-6-25-17-9-7-8-16(12-17)13(2)21-19(24)11-10-18-14(3)22-20(26-5)23-15(18)4/h7-9,12-13H,6,10-11H2,1-5H3,(H,21,24). The Morgan fingerprint density at radius 2 is 1.96 bits per heavy atom. The highest BCUT2D eigenvalue weighted by Crippen LogP contribution is 2.20. The van der Waals surface area contributed by atoms with Crippen LogP contribution < -0.4 is 10.1 Å². The number of nitrogens with zero attached hydrogens (tertiary/aromatic N) is 2. The molecule has 0 saturated heterocycles. The molecule has 1 amide bonds. The second kappa shape index (κ2) is 9.57. The van der Waals surface area contributed by atoms with E-state index in [1.807, 2.05) is 58.2 Å². The molecule has 0 fully saturated rings. The van der Waals surface area contributed by atoms with Crippen LogP contribution in [0.2, 0.25) is 0 Å². The molecule has 0 radical (unpaired) electrons. The van der Waals surface area contributed by atoms with Gasteiger partial charge in [0.05, 0.1) is 12.6 Å². The summed E-state index contributed by atoms with van der Waals surface area (Å²) < 4.78 is 5.52. The second-order valence-corrected chi connectivity index (χ2v) is 6.93. The average Bonchev–Trinajstić information content (AvgIpc) is 2.61. The van der Waals surface area contributed by atoms with E-state index in [0.717, 1.165) is 33.4 Å². The average molecular weight is 374 g/mol. The summed E-state index contributed by atoms with van der Waals surface area (Å²) in [7, 11) is 0. The van der Waals surface area contributed by atoms with Gasteiger partial charge in [-0.25, -0.2) is 9.97 Å². The topological polar surface area (TPSA) is 64.1 Å². The van der Waals surface area contributed by atoms with Gasteiger partial charge < -0.3 is 10.1 Å². The van der Waals surface area contributed by atoms with E-state index in [1.165, 1.54) is 11.8 Å². The summed E-state index contributed by atoms with van der Waals surface area (Å²) in [6.45, 7) is 8.51. The minimum Gasteiger partial charge on any atom is -0.494 e. The SMILES string of the molecule is CCOc1cccc(C(C)NC(=O)CCc2c(C)nc(SC)nc2C)c1. The number of amides is 1. The molecule has 0 saturated carbocycles. The Balaban J connectivity index is 1.96. The van der Waals surface area contributed by atoms with Gasteiger partial charge >= 0.3 is 0 Å². The zero-order valence-corrected chi connectivity index (χ0v) is 16.9. The molecule has 140 valence electrons. The Morgan fingerprint density at radius 3 is 2.58 bits per heavy atom. The van der Waals surface area contributed by atoms with E-state index in [4.69, 9.17) is 4.74 Å². The van der Waals surface area contributed by atoms with Gasteiger partial charge in [0.1, 0.15) is 5.75 Å². The molecule has 26 heavy (non-hydrogen) atoms. The Hall–Kier alpha value is -2.08. The summed E-state index contributed by atoms with van der Waals surface area (Å²) in [5.41, 5.74) is 3.99. The van der Waals surface area contributed by atoms with Crippen molar-refractivity contribution >= 4 is 17.7 Å². The van der Waals surface area contributed by atoms with Crippen molar-refractivity contribution in [2.75, 3.05) is 12.9 Å². The van der Waals surface area contributed by atoms with Crippen LogP contribution in [0.25, 0.3) is 0 Å². The molecule has 1 heterocycles. The largest absolute Gasteiger partial charge is 0.494 e. The van der Waals surface area contributed by atoms with Crippen molar-refractivity contribution in [1.82, 2.24) is 15.3 Å². The van der Waals surface area contributed by atoms with Gasteiger partial charge in [-0.15, -0.1) is 0 Å². The van der Waals surface area contributed by atoms with Crippen LogP contribution in [0.4, 0.5) is 0 Å². The lowest BCUT2D eigenvalue weighted by Crippen LogP contribution is -2.27. The van der Waals surface area contributed by atoms with Crippen molar-refractivity contribution in [1.29, 1.82) is 0 Å². The summed E-state index contributed by atoms with van der Waals surface area (Å²) >= 11 is 1.53. The number of nitrogens with one attached hydrogen (secondary N) is 1. The molecule has 6 heteroatoms. The molecule has 5 nitrogen and oxygen atoms in total. The predicted octanol–water partition coefficient (Wildman–Crippen LogP) is 4.02. The van der Waals surface area contributed by atoms with Gasteiger partial charge in [0.25, 0.3) is 0 Å². The molecule has 0 aliphatic carbocycles. The van der Waals surface area contributed by atoms with E-state index in [2.05, 4.69) is 15.3 Å². The van der Waals surface area contributed by atoms with Crippen LogP contribution in [0.1, 0.15) is 48.8 Å². The lowest BCUT2D eigenvalue weighted by Gasteiger charge is -2.16. The maximum atomic E-state index is 12.4. The maximum absolute atomic E-state index is 12.4. The highest BCUT2D eigenvalue weighted by Gasteiger charge is 2.13. The lowest BCUT2D eigenvalue weighted by atomic mass is 10.1. The third-order valence-corrected chi connectivity index (χ3v) is 4.78. The first-order valence-corrected chi connectivity index (χ1v) is 10.1. The third-order valence-electron chi connectivity index (χ3n) is 4.23. The van der Waals surface area contributed by atoms with Gasteiger partial charge in [-0.1, -0.05) is 23.9 Å². The molecule has 0 aliphatic heterocycles. The van der Waals surface area contributed by atoms with E-state index < -0.39 is 0 Å². The fourth-order valence-corrected chi connectivity index (χ4v) is 3.29. The number of aryl methyl sites for hydroxylation is 2. The Bertz CT molecular complexity index is 741. The molecule has 1 N–H and O–H groups in total. The van der Waals surface area contributed by atoms with E-state index in [0.29, 0.717) is 19.4 Å². The molecule has 2 rings (SSSR count). The van der Waals surface area contributed by atoms with Gasteiger partial charge in [0.2, 0.25) is 5.91 Å². The van der Waals surface area contributed by atoms with Crippen LogP contribution in [0.5, 0.6) is 5.75 Å². The van der Waals surface area contributed by atoms with Crippen molar-refractivity contribution in [2.24, 2.45) is 0 Å². The van der Waals surface area contributed by atoms with Gasteiger partial charge in [0.15, 0.2) is 5.16 Å². The number of thioether (sulfide) groups is 1. The number of ether oxygens (including phenoxy) is 1. The molecule has 1 aromatic heterocycles. The Kier molecular flexibility index (Phi) is 7.45. The van der Waals surface area contributed by atoms with E-state index in [9.17, 15) is 4.79 Å². The first-order valence-electron chi connectivity index (χ1n) is 8.84. The quantitative estimate of drug-likeness (QED) is 0.559. The minimum absolute atomic E-state index is 0.0204. The zero-order valence-electron chi connectivity index (χ0n) is 16.1. The van der Waals surface area contributed by atoms with Crippen LogP contribution >= 0.6 is 11.8 Å². The summed E-state index contributed by atoms with van der Waals surface area (Å²) in [5, 5.41) is 3.83. The van der Waals surface area contributed by atoms with Crippen LogP contribution in [-0.2, 0) is 11.2 Å². The number of aromatic nitrogens is 2. The fraction of sp³-hybridized carbons (Fsp3) is 0.450. The van der Waals surface area contributed by atoms with Crippen molar-refractivity contribution in [2.45, 2.75) is 51.7 Å². The predicted molar refractivity (Wildman–Crippen MR) is 106 cm³/mol. The Morgan fingerprint density at radius 1 is 1.27 bits per heavy atom. The van der Waals surface area contributed by atoms with Crippen molar-refractivity contribution < 1.29 is 9.53 Å². The molecular weight excluding hydrogens is 346 g/mol. The molecule has 1 atom stereocenters. The van der Waals surface area contributed by atoms with Gasteiger partial charge in [-0.05, 0) is 63.6 Å². The molecule has 1 unspecified atom stereocenters. The van der Waals surface area contributed by atoms with Gasteiger partial charge in [0, 0.05) is 17.8 Å². The second-order valence-electron chi connectivity index (χ2n) is 6.15. The summed E-state index contributed by atoms with van der Waals surface area (Å²) in [6, 6.07) is 7.76. The summed E-state index contributed by atoms with van der Waals surface area (Å²) in [6.07, 6.45) is 3.02. The number of benzene rings is 1. The van der Waals surface area contributed by atoms with Crippen LogP contribution in [0.15, 0.2) is 29.4 Å². The van der Waals surface area contributed by atoms with Crippen molar-refractivity contribution in [3.8, 4) is 5.75 Å². The fourth-order valence-electron chi connectivity index (χ4n) is 2.84. The molecule has 2 aromatic rings. The van der Waals surface area contributed by atoms with Crippen LogP contribution in [0, 0.1) is 13.8 Å². The number of carbonyl (C=O) groups is 1. The number of hydrogen-bond donors (Lipinski definition) is 1. The molecule has 0 bridgehead atoms. The lowest BCUT2D eigenvalue weighted by molar-refractivity contribution is -0.121. The molecule has 0 spiro atoms. The Labute approximate surface area is 160 Å². The van der Waals surface area contributed by atoms with Crippen LogP contribution in [-0.4, -0.2) is 28.7 Å². The number of hydrogen-bond acceptors (Lipinski definition) is 5.